The molecule has 1 amide bonds. The fourth-order valence-electron chi connectivity index (χ4n) is 2.49. The molecule has 7 heteroatoms. The number of aryl methyl sites for hydroxylation is 1. The van der Waals surface area contributed by atoms with E-state index in [0.29, 0.717) is 11.5 Å². The van der Waals surface area contributed by atoms with Crippen molar-refractivity contribution in [1.29, 1.82) is 0 Å². The molecule has 6 nitrogen and oxygen atoms in total. The van der Waals surface area contributed by atoms with Crippen LogP contribution in [0.4, 0.5) is 10.2 Å². The number of rotatable bonds is 5. The third kappa shape index (κ3) is 3.72. The zero-order valence-electron chi connectivity index (χ0n) is 13.6. The summed E-state index contributed by atoms with van der Waals surface area (Å²) in [5.41, 5.74) is 2.61. The van der Waals surface area contributed by atoms with Crippen LogP contribution >= 0.6 is 0 Å². The van der Waals surface area contributed by atoms with Gasteiger partial charge in [-0.2, -0.15) is 9.49 Å². The lowest BCUT2D eigenvalue weighted by atomic mass is 10.1. The molecule has 3 aromatic rings. The second-order valence-corrected chi connectivity index (χ2v) is 5.48. The number of carbonyl (C=O) groups is 1. The van der Waals surface area contributed by atoms with Gasteiger partial charge in [-0.3, -0.25) is 4.79 Å². The highest BCUT2D eigenvalue weighted by Gasteiger charge is 2.15. The van der Waals surface area contributed by atoms with E-state index in [1.807, 2.05) is 31.2 Å². The summed E-state index contributed by atoms with van der Waals surface area (Å²) in [7, 11) is 0. The number of hydrogen-bond acceptors (Lipinski definition) is 4. The van der Waals surface area contributed by atoms with Crippen molar-refractivity contribution >= 4 is 11.7 Å². The van der Waals surface area contributed by atoms with Crippen molar-refractivity contribution in [3.8, 4) is 11.3 Å². The average molecular weight is 340 g/mol. The second kappa shape index (κ2) is 7.23. The molecule has 0 aliphatic heterocycles. The van der Waals surface area contributed by atoms with E-state index in [1.165, 1.54) is 22.9 Å². The van der Waals surface area contributed by atoms with Gasteiger partial charge >= 0.3 is 0 Å². The molecule has 0 saturated carbocycles. The Morgan fingerprint density at radius 3 is 2.76 bits per heavy atom. The summed E-state index contributed by atoms with van der Waals surface area (Å²) in [6.07, 6.45) is 0. The first-order chi connectivity index (χ1) is 12.1. The predicted octanol–water partition coefficient (Wildman–Crippen LogP) is 2.64. The van der Waals surface area contributed by atoms with E-state index < -0.39 is 11.9 Å². The van der Waals surface area contributed by atoms with E-state index in [0.717, 1.165) is 11.1 Å². The highest BCUT2D eigenvalue weighted by atomic mass is 19.1. The molecule has 0 fully saturated rings. The first kappa shape index (κ1) is 16.8. The molecule has 0 atom stereocenters. The number of nitrogens with one attached hydrogen (secondary N) is 1. The highest BCUT2D eigenvalue weighted by Crippen LogP contribution is 2.25. The summed E-state index contributed by atoms with van der Waals surface area (Å²) in [5, 5.41) is 16.3. The molecule has 0 unspecified atom stereocenters. The predicted molar refractivity (Wildman–Crippen MR) is 91.6 cm³/mol. The molecular formula is C18H17FN4O2. The van der Waals surface area contributed by atoms with Gasteiger partial charge in [-0.25, -0.2) is 9.67 Å². The van der Waals surface area contributed by atoms with Gasteiger partial charge in [0.2, 0.25) is 5.95 Å². The van der Waals surface area contributed by atoms with Crippen LogP contribution in [0.25, 0.3) is 11.3 Å². The summed E-state index contributed by atoms with van der Waals surface area (Å²) in [4.78, 5) is 15.9. The monoisotopic (exact) mass is 340 g/mol. The summed E-state index contributed by atoms with van der Waals surface area (Å²) >= 11 is 0. The van der Waals surface area contributed by atoms with Crippen LogP contribution in [-0.4, -0.2) is 32.4 Å². The molecule has 25 heavy (non-hydrogen) atoms. The quantitative estimate of drug-likeness (QED) is 0.700. The standard InChI is InChI=1S/C18H17FN4O2/c1-12-5-2-3-6-13(12)15-11-17(23(22-15)9-10-24)21-18(25)14-7-4-8-16(19)20-14/h2-8,11,24H,9-10H2,1H3,(H,21,25). The Morgan fingerprint density at radius 1 is 1.24 bits per heavy atom. The molecular weight excluding hydrogens is 323 g/mol. The fourth-order valence-corrected chi connectivity index (χ4v) is 2.49. The molecule has 3 rings (SSSR count). The van der Waals surface area contributed by atoms with Gasteiger partial charge in [0.25, 0.3) is 5.91 Å². The smallest absolute Gasteiger partial charge is 0.275 e. The third-order valence-corrected chi connectivity index (χ3v) is 3.70. The summed E-state index contributed by atoms with van der Waals surface area (Å²) < 4.78 is 14.7. The SMILES string of the molecule is Cc1ccccc1-c1cc(NC(=O)c2cccc(F)n2)n(CCO)n1. The topological polar surface area (TPSA) is 80.0 Å². The largest absolute Gasteiger partial charge is 0.394 e. The maximum absolute atomic E-state index is 13.2. The van der Waals surface area contributed by atoms with Crippen molar-refractivity contribution in [3.63, 3.8) is 0 Å². The van der Waals surface area contributed by atoms with Crippen molar-refractivity contribution in [2.24, 2.45) is 0 Å². The lowest BCUT2D eigenvalue weighted by Gasteiger charge is -2.07. The van der Waals surface area contributed by atoms with E-state index in [9.17, 15) is 14.3 Å². The maximum atomic E-state index is 13.2. The van der Waals surface area contributed by atoms with E-state index in [4.69, 9.17) is 0 Å². The maximum Gasteiger partial charge on any atom is 0.275 e. The molecule has 0 aliphatic rings. The number of benzene rings is 1. The minimum absolute atomic E-state index is 0.0332. The Bertz CT molecular complexity index is 908. The molecule has 2 aromatic heterocycles. The second-order valence-electron chi connectivity index (χ2n) is 5.48. The number of carbonyl (C=O) groups excluding carboxylic acids is 1. The number of hydrogen-bond donors (Lipinski definition) is 2. The third-order valence-electron chi connectivity index (χ3n) is 3.70. The Labute approximate surface area is 144 Å². The van der Waals surface area contributed by atoms with Crippen LogP contribution in [-0.2, 0) is 6.54 Å². The number of aliphatic hydroxyl groups excluding tert-OH is 1. The molecule has 1 aromatic carbocycles. The number of anilines is 1. The van der Waals surface area contributed by atoms with Gasteiger partial charge in [0, 0.05) is 11.6 Å². The molecule has 0 bridgehead atoms. The van der Waals surface area contributed by atoms with Crippen LogP contribution in [0, 0.1) is 12.9 Å². The van der Waals surface area contributed by atoms with Crippen LogP contribution in [0.5, 0.6) is 0 Å². The molecule has 2 heterocycles. The Morgan fingerprint density at radius 2 is 2.04 bits per heavy atom. The Balaban J connectivity index is 1.92. The summed E-state index contributed by atoms with van der Waals surface area (Å²) in [6.45, 7) is 2.06. The van der Waals surface area contributed by atoms with Gasteiger partial charge in [0.15, 0.2) is 0 Å². The number of halogens is 1. The molecule has 0 aliphatic carbocycles. The first-order valence-electron chi connectivity index (χ1n) is 7.77. The number of aromatic nitrogens is 3. The minimum atomic E-state index is -0.725. The Kier molecular flexibility index (Phi) is 4.85. The van der Waals surface area contributed by atoms with Crippen molar-refractivity contribution < 1.29 is 14.3 Å². The van der Waals surface area contributed by atoms with Crippen LogP contribution in [0.2, 0.25) is 0 Å². The first-order valence-corrected chi connectivity index (χ1v) is 7.77. The highest BCUT2D eigenvalue weighted by molar-refractivity contribution is 6.02. The van der Waals surface area contributed by atoms with Crippen LogP contribution in [0.1, 0.15) is 16.1 Å². The molecule has 2 N–H and O–H groups in total. The fraction of sp³-hybridized carbons (Fsp3) is 0.167. The van der Waals surface area contributed by atoms with E-state index in [2.05, 4.69) is 15.4 Å². The number of aliphatic hydroxyl groups is 1. The lowest BCUT2D eigenvalue weighted by molar-refractivity contribution is 0.102. The zero-order valence-corrected chi connectivity index (χ0v) is 13.6. The van der Waals surface area contributed by atoms with Crippen molar-refractivity contribution in [2.75, 3.05) is 11.9 Å². The average Bonchev–Trinajstić information content (AvgIpc) is 2.98. The van der Waals surface area contributed by atoms with Gasteiger partial charge < -0.3 is 10.4 Å². The zero-order chi connectivity index (χ0) is 17.8. The van der Waals surface area contributed by atoms with Crippen LogP contribution < -0.4 is 5.32 Å². The number of amides is 1. The van der Waals surface area contributed by atoms with E-state index in [1.54, 1.807) is 6.07 Å². The minimum Gasteiger partial charge on any atom is -0.394 e. The van der Waals surface area contributed by atoms with E-state index in [-0.39, 0.29) is 18.8 Å². The summed E-state index contributed by atoms with van der Waals surface area (Å²) in [5.74, 6) is -0.865. The van der Waals surface area contributed by atoms with Crippen molar-refractivity contribution in [3.05, 3.63) is 65.7 Å². The van der Waals surface area contributed by atoms with Gasteiger partial charge in [-0.1, -0.05) is 30.3 Å². The van der Waals surface area contributed by atoms with Crippen LogP contribution in [0.15, 0.2) is 48.5 Å². The van der Waals surface area contributed by atoms with Crippen molar-refractivity contribution in [2.45, 2.75) is 13.5 Å². The normalized spacial score (nSPS) is 10.7. The van der Waals surface area contributed by atoms with Gasteiger partial charge in [-0.15, -0.1) is 0 Å². The van der Waals surface area contributed by atoms with Gasteiger partial charge in [0.05, 0.1) is 18.8 Å². The van der Waals surface area contributed by atoms with E-state index >= 15 is 0 Å². The van der Waals surface area contributed by atoms with Crippen LogP contribution in [0.3, 0.4) is 0 Å². The summed E-state index contributed by atoms with van der Waals surface area (Å²) in [6, 6.07) is 13.5. The van der Waals surface area contributed by atoms with Crippen molar-refractivity contribution in [1.82, 2.24) is 14.8 Å². The molecule has 0 radical (unpaired) electrons. The lowest BCUT2D eigenvalue weighted by Crippen LogP contribution is -2.18. The molecule has 128 valence electrons. The molecule has 0 saturated heterocycles. The number of nitrogens with zero attached hydrogens (tertiary/aromatic N) is 3. The Hall–Kier alpha value is -3.06. The number of pyridine rings is 1. The molecule has 0 spiro atoms. The van der Waals surface area contributed by atoms with Gasteiger partial charge in [0.1, 0.15) is 11.5 Å². The van der Waals surface area contributed by atoms with Gasteiger partial charge in [-0.05, 0) is 24.6 Å².